The average Bonchev–Trinajstić information content (AvgIpc) is 3.43. The van der Waals surface area contributed by atoms with Gasteiger partial charge >= 0.3 is 0 Å². The molecule has 0 saturated heterocycles. The van der Waals surface area contributed by atoms with Crippen molar-refractivity contribution in [3.05, 3.63) is 127 Å². The first-order valence-electron chi connectivity index (χ1n) is 12.1. The van der Waals surface area contributed by atoms with Crippen molar-refractivity contribution in [2.45, 2.75) is 6.61 Å². The highest BCUT2D eigenvalue weighted by Crippen LogP contribution is 2.35. The lowest BCUT2D eigenvalue weighted by Crippen LogP contribution is -2.17. The monoisotopic (exact) mass is 712 g/mol. The molecule has 4 aromatic carbocycles. The summed E-state index contributed by atoms with van der Waals surface area (Å²) in [6.07, 6.45) is 1.54. The summed E-state index contributed by atoms with van der Waals surface area (Å²) < 4.78 is 20.4. The van der Waals surface area contributed by atoms with Gasteiger partial charge in [-0.05, 0) is 104 Å². The fourth-order valence-corrected chi connectivity index (χ4v) is 5.99. The second-order valence-electron chi connectivity index (χ2n) is 8.68. The minimum atomic E-state index is -0.339. The third-order valence-corrected chi connectivity index (χ3v) is 7.93. The van der Waals surface area contributed by atoms with Crippen LogP contribution in [-0.2, 0) is 6.61 Å². The van der Waals surface area contributed by atoms with Gasteiger partial charge in [-0.25, -0.2) is 14.8 Å². The number of anilines is 2. The van der Waals surface area contributed by atoms with Crippen LogP contribution in [0.4, 0.5) is 15.2 Å². The van der Waals surface area contributed by atoms with Crippen LogP contribution in [0.3, 0.4) is 0 Å². The number of hydrazone groups is 1. The highest BCUT2D eigenvalue weighted by molar-refractivity contribution is 9.11. The van der Waals surface area contributed by atoms with Crippen molar-refractivity contribution in [1.29, 1.82) is 0 Å². The number of hydrogen-bond donors (Lipinski definition) is 2. The van der Waals surface area contributed by atoms with Crippen molar-refractivity contribution < 1.29 is 13.9 Å². The molecule has 0 radical (unpaired) electrons. The van der Waals surface area contributed by atoms with Gasteiger partial charge in [0.1, 0.15) is 18.2 Å². The molecule has 5 rings (SSSR count). The van der Waals surface area contributed by atoms with Crippen LogP contribution in [0, 0.1) is 5.82 Å². The maximum absolute atomic E-state index is 13.1. The summed E-state index contributed by atoms with van der Waals surface area (Å²) in [6, 6.07) is 24.3. The number of hydrogen-bond acceptors (Lipinski definition) is 6. The Labute approximate surface area is 261 Å². The van der Waals surface area contributed by atoms with E-state index in [1.165, 1.54) is 29.7 Å². The van der Waals surface area contributed by atoms with Crippen LogP contribution in [0.2, 0.25) is 5.02 Å². The molecular formula is C30H20Br2ClFN4O2S. The molecule has 41 heavy (non-hydrogen) atoms. The smallest absolute Gasteiger partial charge is 0.271 e. The summed E-state index contributed by atoms with van der Waals surface area (Å²) in [7, 11) is 0. The normalized spacial score (nSPS) is 11.0. The number of carbonyl (C=O) groups is 1. The molecule has 206 valence electrons. The highest BCUT2D eigenvalue weighted by Gasteiger charge is 2.11. The summed E-state index contributed by atoms with van der Waals surface area (Å²) in [5.41, 5.74) is 7.19. The standard InChI is InChI=1S/C30H20Br2ClFN4O2S/c31-25-13-19(14-26(32)28(25)40-16-18-1-9-23(34)10-2-18)15-35-38-29(39)21-5-3-20(4-6-21)27-17-41-30(37-27)36-24-11-7-22(33)8-12-24/h1-15,17H,16H2,(H,36,37)(H,38,39)/b35-15-. The third-order valence-electron chi connectivity index (χ3n) is 5.74. The number of nitrogens with one attached hydrogen (secondary N) is 2. The molecule has 5 aromatic rings. The van der Waals surface area contributed by atoms with E-state index < -0.39 is 0 Å². The van der Waals surface area contributed by atoms with Crippen LogP contribution in [-0.4, -0.2) is 17.1 Å². The maximum Gasteiger partial charge on any atom is 0.271 e. The molecule has 1 aromatic heterocycles. The van der Waals surface area contributed by atoms with Crippen molar-refractivity contribution in [2.24, 2.45) is 5.10 Å². The first kappa shape index (κ1) is 28.9. The lowest BCUT2D eigenvalue weighted by molar-refractivity contribution is 0.0955. The lowest BCUT2D eigenvalue weighted by atomic mass is 10.1. The van der Waals surface area contributed by atoms with Gasteiger partial charge in [0, 0.05) is 27.2 Å². The maximum atomic E-state index is 13.1. The van der Waals surface area contributed by atoms with E-state index >= 15 is 0 Å². The third kappa shape index (κ3) is 7.80. The fourth-order valence-electron chi connectivity index (χ4n) is 3.67. The molecule has 0 fully saturated rings. The zero-order valence-corrected chi connectivity index (χ0v) is 25.8. The predicted octanol–water partition coefficient (Wildman–Crippen LogP) is 9.21. The van der Waals surface area contributed by atoms with E-state index in [4.69, 9.17) is 16.3 Å². The zero-order valence-electron chi connectivity index (χ0n) is 21.1. The predicted molar refractivity (Wildman–Crippen MR) is 170 cm³/mol. The van der Waals surface area contributed by atoms with Gasteiger partial charge in [-0.2, -0.15) is 5.10 Å². The quantitative estimate of drug-likeness (QED) is 0.118. The molecule has 0 aliphatic rings. The van der Waals surface area contributed by atoms with Crippen LogP contribution < -0.4 is 15.5 Å². The molecule has 1 amide bonds. The minimum absolute atomic E-state index is 0.281. The molecule has 0 unspecified atom stereocenters. The number of amides is 1. The Kier molecular flexibility index (Phi) is 9.45. The van der Waals surface area contributed by atoms with Crippen LogP contribution in [0.15, 0.2) is 104 Å². The van der Waals surface area contributed by atoms with Crippen molar-refractivity contribution in [2.75, 3.05) is 5.32 Å². The van der Waals surface area contributed by atoms with E-state index in [9.17, 15) is 9.18 Å². The van der Waals surface area contributed by atoms with E-state index in [1.807, 2.05) is 53.9 Å². The van der Waals surface area contributed by atoms with Crippen LogP contribution in [0.25, 0.3) is 11.3 Å². The first-order valence-corrected chi connectivity index (χ1v) is 15.0. The first-order chi connectivity index (χ1) is 19.8. The second-order valence-corrected chi connectivity index (χ2v) is 11.7. The van der Waals surface area contributed by atoms with Crippen LogP contribution >= 0.6 is 54.8 Å². The van der Waals surface area contributed by atoms with Crippen molar-refractivity contribution in [1.82, 2.24) is 10.4 Å². The minimum Gasteiger partial charge on any atom is -0.487 e. The Hall–Kier alpha value is -3.57. The van der Waals surface area contributed by atoms with E-state index in [-0.39, 0.29) is 18.3 Å². The summed E-state index contributed by atoms with van der Waals surface area (Å²) in [6.45, 7) is 0.281. The topological polar surface area (TPSA) is 75.6 Å². The van der Waals surface area contributed by atoms with E-state index in [2.05, 4.69) is 52.7 Å². The van der Waals surface area contributed by atoms with E-state index in [0.29, 0.717) is 25.3 Å². The van der Waals surface area contributed by atoms with E-state index in [1.54, 1.807) is 24.3 Å². The van der Waals surface area contributed by atoms with Crippen molar-refractivity contribution in [3.8, 4) is 17.0 Å². The van der Waals surface area contributed by atoms with Gasteiger partial charge in [-0.3, -0.25) is 4.79 Å². The molecule has 0 bridgehead atoms. The van der Waals surface area contributed by atoms with Gasteiger partial charge in [0.15, 0.2) is 5.13 Å². The Morgan fingerprint density at radius 2 is 1.68 bits per heavy atom. The number of benzene rings is 4. The molecule has 11 heteroatoms. The molecule has 1 heterocycles. The van der Waals surface area contributed by atoms with Crippen LogP contribution in [0.1, 0.15) is 21.5 Å². The Balaban J connectivity index is 1.16. The molecule has 0 atom stereocenters. The van der Waals surface area contributed by atoms with Crippen LogP contribution in [0.5, 0.6) is 5.75 Å². The number of thiazole rings is 1. The Morgan fingerprint density at radius 3 is 2.37 bits per heavy atom. The summed E-state index contributed by atoms with van der Waals surface area (Å²) in [5, 5.41) is 10.7. The number of nitrogens with zero attached hydrogens (tertiary/aromatic N) is 2. The van der Waals surface area contributed by atoms with Gasteiger partial charge in [0.25, 0.3) is 5.91 Å². The van der Waals surface area contributed by atoms with E-state index in [0.717, 1.165) is 33.2 Å². The SMILES string of the molecule is O=C(N/N=C\c1cc(Br)c(OCc2ccc(F)cc2)c(Br)c1)c1ccc(-c2csc(Nc3ccc(Cl)cc3)n2)cc1. The number of aromatic nitrogens is 1. The molecule has 0 aliphatic heterocycles. The molecule has 6 nitrogen and oxygen atoms in total. The van der Waals surface area contributed by atoms with Gasteiger partial charge in [-0.1, -0.05) is 35.9 Å². The molecule has 0 aliphatic carbocycles. The second kappa shape index (κ2) is 13.4. The van der Waals surface area contributed by atoms with Crippen molar-refractivity contribution in [3.63, 3.8) is 0 Å². The number of rotatable bonds is 9. The Bertz CT molecular complexity index is 1670. The van der Waals surface area contributed by atoms with Crippen molar-refractivity contribution >= 4 is 77.7 Å². The summed E-state index contributed by atoms with van der Waals surface area (Å²) in [4.78, 5) is 17.2. The fraction of sp³-hybridized carbons (Fsp3) is 0.0333. The molecule has 0 spiro atoms. The largest absolute Gasteiger partial charge is 0.487 e. The summed E-state index contributed by atoms with van der Waals surface area (Å²) >= 11 is 14.5. The van der Waals surface area contributed by atoms with Gasteiger partial charge < -0.3 is 10.1 Å². The number of carbonyl (C=O) groups excluding carboxylic acids is 1. The highest BCUT2D eigenvalue weighted by atomic mass is 79.9. The molecular weight excluding hydrogens is 695 g/mol. The van der Waals surface area contributed by atoms with Gasteiger partial charge in [0.2, 0.25) is 0 Å². The zero-order chi connectivity index (χ0) is 28.8. The number of halogens is 4. The average molecular weight is 715 g/mol. The summed E-state index contributed by atoms with van der Waals surface area (Å²) in [5.74, 6) is -0.0328. The lowest BCUT2D eigenvalue weighted by Gasteiger charge is -2.11. The molecule has 0 saturated carbocycles. The Morgan fingerprint density at radius 1 is 1.00 bits per heavy atom. The van der Waals surface area contributed by atoms with Gasteiger partial charge in [0.05, 0.1) is 20.9 Å². The number of ether oxygens (including phenoxy) is 1. The molecule has 2 N–H and O–H groups in total. The van der Waals surface area contributed by atoms with Gasteiger partial charge in [-0.15, -0.1) is 11.3 Å².